The second kappa shape index (κ2) is 10.2. The van der Waals surface area contributed by atoms with Crippen molar-refractivity contribution in [1.29, 1.82) is 0 Å². The van der Waals surface area contributed by atoms with Crippen LogP contribution in [0.4, 0.5) is 17.1 Å². The fourth-order valence-electron chi connectivity index (χ4n) is 2.81. The van der Waals surface area contributed by atoms with Gasteiger partial charge in [-0.05, 0) is 42.3 Å². The van der Waals surface area contributed by atoms with Gasteiger partial charge in [-0.15, -0.1) is 0 Å². The maximum absolute atomic E-state index is 12.6. The van der Waals surface area contributed by atoms with Crippen molar-refractivity contribution in [3.05, 3.63) is 82.3 Å². The van der Waals surface area contributed by atoms with Crippen molar-refractivity contribution in [3.63, 3.8) is 0 Å². The van der Waals surface area contributed by atoms with Crippen LogP contribution in [-0.4, -0.2) is 12.5 Å². The largest absolute Gasteiger partial charge is 0.494 e. The average molecular weight is 429 g/mol. The van der Waals surface area contributed by atoms with Crippen LogP contribution in [0.5, 0.6) is 5.75 Å². The topological polar surface area (TPSA) is 50.4 Å². The Labute approximate surface area is 180 Å². The van der Waals surface area contributed by atoms with Crippen molar-refractivity contribution in [2.45, 2.75) is 19.8 Å². The molecule has 150 valence electrons. The fraction of sp³-hybridized carbons (Fsp3) is 0.174. The number of hydrogen-bond acceptors (Lipinski definition) is 3. The van der Waals surface area contributed by atoms with Crippen LogP contribution >= 0.6 is 23.2 Å². The molecule has 0 aliphatic carbocycles. The summed E-state index contributed by atoms with van der Waals surface area (Å²) < 4.78 is 5.62. The van der Waals surface area contributed by atoms with Gasteiger partial charge in [0.25, 0.3) is 0 Å². The van der Waals surface area contributed by atoms with Gasteiger partial charge < -0.3 is 15.4 Å². The van der Waals surface area contributed by atoms with Crippen LogP contribution < -0.4 is 15.4 Å². The van der Waals surface area contributed by atoms with Gasteiger partial charge in [-0.25, -0.2) is 0 Å². The first-order chi connectivity index (χ1) is 14.1. The first-order valence-corrected chi connectivity index (χ1v) is 10.1. The van der Waals surface area contributed by atoms with E-state index in [0.717, 1.165) is 23.4 Å². The van der Waals surface area contributed by atoms with Gasteiger partial charge in [-0.1, -0.05) is 60.5 Å². The molecule has 0 aliphatic heterocycles. The molecule has 0 saturated heterocycles. The zero-order valence-corrected chi connectivity index (χ0v) is 17.6. The van der Waals surface area contributed by atoms with Crippen LogP contribution in [0, 0.1) is 0 Å². The monoisotopic (exact) mass is 428 g/mol. The van der Waals surface area contributed by atoms with Crippen molar-refractivity contribution >= 4 is 46.2 Å². The Morgan fingerprint density at radius 3 is 2.45 bits per heavy atom. The van der Waals surface area contributed by atoms with Crippen molar-refractivity contribution < 1.29 is 9.53 Å². The molecule has 0 spiro atoms. The molecule has 0 unspecified atom stereocenters. The SMILES string of the molecule is CCCOc1cccc(NC(=O)Cc2ccccc2Nc2c(Cl)cccc2Cl)c1. The van der Waals surface area contributed by atoms with Gasteiger partial charge in [-0.2, -0.15) is 0 Å². The molecular formula is C23H22Cl2N2O2. The van der Waals surface area contributed by atoms with Gasteiger partial charge in [0, 0.05) is 17.4 Å². The number of carbonyl (C=O) groups excluding carboxylic acids is 1. The molecule has 0 fully saturated rings. The summed E-state index contributed by atoms with van der Waals surface area (Å²) in [4.78, 5) is 12.6. The highest BCUT2D eigenvalue weighted by Crippen LogP contribution is 2.33. The molecule has 3 rings (SSSR count). The Bertz CT molecular complexity index is 972. The van der Waals surface area contributed by atoms with Crippen molar-refractivity contribution in [2.75, 3.05) is 17.2 Å². The average Bonchev–Trinajstić information content (AvgIpc) is 2.70. The van der Waals surface area contributed by atoms with Gasteiger partial charge in [0.1, 0.15) is 5.75 Å². The highest BCUT2D eigenvalue weighted by molar-refractivity contribution is 6.39. The number of carbonyl (C=O) groups is 1. The minimum absolute atomic E-state index is 0.128. The number of benzene rings is 3. The van der Waals surface area contributed by atoms with E-state index in [2.05, 4.69) is 10.6 Å². The second-order valence-electron chi connectivity index (χ2n) is 6.48. The van der Waals surface area contributed by atoms with Gasteiger partial charge in [0.05, 0.1) is 28.8 Å². The van der Waals surface area contributed by atoms with E-state index in [0.29, 0.717) is 28.0 Å². The molecule has 0 atom stereocenters. The quantitative estimate of drug-likeness (QED) is 0.419. The van der Waals surface area contributed by atoms with Crippen LogP contribution in [0.15, 0.2) is 66.7 Å². The molecule has 29 heavy (non-hydrogen) atoms. The summed E-state index contributed by atoms with van der Waals surface area (Å²) in [6.07, 6.45) is 1.13. The standard InChI is InChI=1S/C23H22Cl2N2O2/c1-2-13-29-18-9-5-8-17(15-18)26-22(28)14-16-7-3-4-12-21(16)27-23-19(24)10-6-11-20(23)25/h3-12,15,27H,2,13-14H2,1H3,(H,26,28). The van der Waals surface area contributed by atoms with E-state index in [4.69, 9.17) is 27.9 Å². The van der Waals surface area contributed by atoms with E-state index in [1.54, 1.807) is 18.2 Å². The first-order valence-electron chi connectivity index (χ1n) is 9.38. The molecule has 0 aliphatic rings. The molecule has 1 amide bonds. The van der Waals surface area contributed by atoms with Crippen molar-refractivity contribution in [1.82, 2.24) is 0 Å². The minimum atomic E-state index is -0.128. The van der Waals surface area contributed by atoms with Gasteiger partial charge in [0.15, 0.2) is 0 Å². The number of amides is 1. The van der Waals surface area contributed by atoms with Crippen LogP contribution in [0.2, 0.25) is 10.0 Å². The third-order valence-corrected chi connectivity index (χ3v) is 4.81. The smallest absolute Gasteiger partial charge is 0.228 e. The summed E-state index contributed by atoms with van der Waals surface area (Å²) in [5.41, 5.74) is 2.92. The van der Waals surface area contributed by atoms with Crippen molar-refractivity contribution in [3.8, 4) is 5.75 Å². The number of halogens is 2. The molecule has 3 aromatic rings. The highest BCUT2D eigenvalue weighted by atomic mass is 35.5. The number of ether oxygens (including phenoxy) is 1. The Kier molecular flexibility index (Phi) is 7.39. The first kappa shape index (κ1) is 21.0. The molecule has 2 N–H and O–H groups in total. The molecule has 0 radical (unpaired) electrons. The molecular weight excluding hydrogens is 407 g/mol. The third-order valence-electron chi connectivity index (χ3n) is 4.18. The summed E-state index contributed by atoms with van der Waals surface area (Å²) in [5, 5.41) is 7.20. The fourth-order valence-corrected chi connectivity index (χ4v) is 3.30. The van der Waals surface area contributed by atoms with Gasteiger partial charge >= 0.3 is 0 Å². The summed E-state index contributed by atoms with van der Waals surface area (Å²) in [7, 11) is 0. The number of hydrogen-bond donors (Lipinski definition) is 2. The van der Waals surface area contributed by atoms with E-state index >= 15 is 0 Å². The summed E-state index contributed by atoms with van der Waals surface area (Å²) in [6.45, 7) is 2.69. The lowest BCUT2D eigenvalue weighted by Gasteiger charge is -2.14. The van der Waals surface area contributed by atoms with E-state index < -0.39 is 0 Å². The van der Waals surface area contributed by atoms with Gasteiger partial charge in [-0.3, -0.25) is 4.79 Å². The zero-order chi connectivity index (χ0) is 20.6. The lowest BCUT2D eigenvalue weighted by molar-refractivity contribution is -0.115. The lowest BCUT2D eigenvalue weighted by atomic mass is 10.1. The Hall–Kier alpha value is -2.69. The maximum atomic E-state index is 12.6. The molecule has 0 heterocycles. The Morgan fingerprint density at radius 2 is 1.69 bits per heavy atom. The van der Waals surface area contributed by atoms with E-state index in [1.807, 2.05) is 55.5 Å². The molecule has 0 aromatic heterocycles. The molecule has 6 heteroatoms. The van der Waals surface area contributed by atoms with Crippen LogP contribution in [0.25, 0.3) is 0 Å². The minimum Gasteiger partial charge on any atom is -0.494 e. The maximum Gasteiger partial charge on any atom is 0.228 e. The zero-order valence-electron chi connectivity index (χ0n) is 16.0. The molecule has 3 aromatic carbocycles. The molecule has 4 nitrogen and oxygen atoms in total. The van der Waals surface area contributed by atoms with E-state index in [9.17, 15) is 4.79 Å². The van der Waals surface area contributed by atoms with E-state index in [-0.39, 0.29) is 12.3 Å². The predicted molar refractivity (Wildman–Crippen MR) is 121 cm³/mol. The number of anilines is 3. The second-order valence-corrected chi connectivity index (χ2v) is 7.29. The molecule has 0 bridgehead atoms. The van der Waals surface area contributed by atoms with Crippen molar-refractivity contribution in [2.24, 2.45) is 0 Å². The summed E-state index contributed by atoms with van der Waals surface area (Å²) in [6, 6.07) is 20.3. The third kappa shape index (κ3) is 5.89. The molecule has 0 saturated carbocycles. The lowest BCUT2D eigenvalue weighted by Crippen LogP contribution is -2.15. The summed E-state index contributed by atoms with van der Waals surface area (Å²) in [5.74, 6) is 0.609. The predicted octanol–water partition coefficient (Wildman–Crippen LogP) is 6.71. The number of rotatable bonds is 8. The van der Waals surface area contributed by atoms with Crippen LogP contribution in [-0.2, 0) is 11.2 Å². The number of nitrogens with one attached hydrogen (secondary N) is 2. The Balaban J connectivity index is 1.72. The normalized spacial score (nSPS) is 10.4. The van der Waals surface area contributed by atoms with Gasteiger partial charge in [0.2, 0.25) is 5.91 Å². The van der Waals surface area contributed by atoms with Crippen LogP contribution in [0.3, 0.4) is 0 Å². The Morgan fingerprint density at radius 1 is 0.966 bits per heavy atom. The summed E-state index contributed by atoms with van der Waals surface area (Å²) >= 11 is 12.5. The van der Waals surface area contributed by atoms with E-state index in [1.165, 1.54) is 0 Å². The van der Waals surface area contributed by atoms with Crippen LogP contribution in [0.1, 0.15) is 18.9 Å². The number of para-hydroxylation sites is 2. The highest BCUT2D eigenvalue weighted by Gasteiger charge is 2.12.